The van der Waals surface area contributed by atoms with E-state index in [4.69, 9.17) is 16.2 Å². The maximum Gasteiger partial charge on any atom is 0.257 e. The summed E-state index contributed by atoms with van der Waals surface area (Å²) in [4.78, 5) is 30.0. The predicted octanol–water partition coefficient (Wildman–Crippen LogP) is 1.70. The molecule has 0 radical (unpaired) electrons. The van der Waals surface area contributed by atoms with E-state index in [1.807, 2.05) is 31.2 Å². The lowest BCUT2D eigenvalue weighted by Gasteiger charge is -2.28. The van der Waals surface area contributed by atoms with Crippen molar-refractivity contribution in [3.63, 3.8) is 0 Å². The van der Waals surface area contributed by atoms with Gasteiger partial charge in [0.05, 0.1) is 42.0 Å². The first-order valence-electron chi connectivity index (χ1n) is 9.23. The van der Waals surface area contributed by atoms with Crippen molar-refractivity contribution in [2.45, 2.75) is 25.8 Å². The lowest BCUT2D eigenvalue weighted by Crippen LogP contribution is -2.37. The molecule has 29 heavy (non-hydrogen) atoms. The fourth-order valence-corrected chi connectivity index (χ4v) is 3.60. The topological polar surface area (TPSA) is 142 Å². The Labute approximate surface area is 167 Å². The van der Waals surface area contributed by atoms with Gasteiger partial charge in [0, 0.05) is 12.0 Å². The minimum atomic E-state index is -0.296. The SMILES string of the molecule is CCc1nc(N)nc2c1C(=O)NC(c1ccccc1-c1cnc(N)c(OC)n1)C2. The fraction of sp³-hybridized carbons (Fsp3) is 0.250. The number of fused-ring (bicyclic) bond motifs is 1. The number of nitrogens with zero attached hydrogens (tertiary/aromatic N) is 4. The van der Waals surface area contributed by atoms with Crippen LogP contribution in [0.25, 0.3) is 11.3 Å². The molecule has 1 aromatic carbocycles. The second-order valence-corrected chi connectivity index (χ2v) is 6.67. The number of carbonyl (C=O) groups excluding carboxylic acids is 1. The van der Waals surface area contributed by atoms with Gasteiger partial charge in [0.1, 0.15) is 0 Å². The minimum absolute atomic E-state index is 0.177. The van der Waals surface area contributed by atoms with Crippen LogP contribution in [0.4, 0.5) is 11.8 Å². The number of anilines is 2. The number of amides is 1. The van der Waals surface area contributed by atoms with E-state index in [2.05, 4.69) is 25.3 Å². The van der Waals surface area contributed by atoms with E-state index in [9.17, 15) is 4.79 Å². The van der Waals surface area contributed by atoms with Gasteiger partial charge < -0.3 is 21.5 Å². The van der Waals surface area contributed by atoms with Gasteiger partial charge in [-0.15, -0.1) is 0 Å². The van der Waals surface area contributed by atoms with Crippen molar-refractivity contribution in [3.05, 3.63) is 53.0 Å². The first-order valence-corrected chi connectivity index (χ1v) is 9.23. The van der Waals surface area contributed by atoms with Crippen LogP contribution in [0.15, 0.2) is 30.5 Å². The zero-order valence-corrected chi connectivity index (χ0v) is 16.1. The molecule has 3 heterocycles. The number of carbonyl (C=O) groups is 1. The Morgan fingerprint density at radius 3 is 2.76 bits per heavy atom. The predicted molar refractivity (Wildman–Crippen MR) is 108 cm³/mol. The Bertz CT molecular complexity index is 1100. The molecule has 1 unspecified atom stereocenters. The van der Waals surface area contributed by atoms with Crippen LogP contribution in [0.1, 0.15) is 40.3 Å². The van der Waals surface area contributed by atoms with E-state index < -0.39 is 0 Å². The van der Waals surface area contributed by atoms with Crippen molar-refractivity contribution in [1.82, 2.24) is 25.3 Å². The van der Waals surface area contributed by atoms with E-state index >= 15 is 0 Å². The summed E-state index contributed by atoms with van der Waals surface area (Å²) in [6.45, 7) is 1.93. The van der Waals surface area contributed by atoms with Crippen molar-refractivity contribution < 1.29 is 9.53 Å². The highest BCUT2D eigenvalue weighted by Gasteiger charge is 2.31. The summed E-state index contributed by atoms with van der Waals surface area (Å²) >= 11 is 0. The summed E-state index contributed by atoms with van der Waals surface area (Å²) in [5, 5.41) is 3.07. The molecule has 1 amide bonds. The summed E-state index contributed by atoms with van der Waals surface area (Å²) in [6.07, 6.45) is 2.69. The van der Waals surface area contributed by atoms with Crippen LogP contribution in [-0.4, -0.2) is 33.0 Å². The number of aromatic nitrogens is 4. The van der Waals surface area contributed by atoms with E-state index in [-0.39, 0.29) is 29.6 Å². The lowest BCUT2D eigenvalue weighted by atomic mass is 9.90. The molecule has 9 nitrogen and oxygen atoms in total. The van der Waals surface area contributed by atoms with Crippen LogP contribution in [-0.2, 0) is 12.8 Å². The van der Waals surface area contributed by atoms with Crippen LogP contribution in [0.3, 0.4) is 0 Å². The summed E-state index contributed by atoms with van der Waals surface area (Å²) in [7, 11) is 1.49. The third-order valence-electron chi connectivity index (χ3n) is 4.91. The van der Waals surface area contributed by atoms with Crippen LogP contribution >= 0.6 is 0 Å². The van der Waals surface area contributed by atoms with Crippen molar-refractivity contribution in [2.24, 2.45) is 0 Å². The van der Waals surface area contributed by atoms with E-state index in [1.54, 1.807) is 6.20 Å². The van der Waals surface area contributed by atoms with Crippen molar-refractivity contribution in [1.29, 1.82) is 0 Å². The molecule has 0 fully saturated rings. The number of ether oxygens (including phenoxy) is 1. The number of methoxy groups -OCH3 is 1. The monoisotopic (exact) mass is 391 g/mol. The number of hydrogen-bond donors (Lipinski definition) is 3. The lowest BCUT2D eigenvalue weighted by molar-refractivity contribution is 0.0922. The molecule has 1 aliphatic heterocycles. The van der Waals surface area contributed by atoms with E-state index in [0.717, 1.165) is 11.1 Å². The second kappa shape index (κ2) is 7.34. The average molecular weight is 391 g/mol. The molecule has 9 heteroatoms. The molecule has 4 rings (SSSR count). The Hall–Kier alpha value is -3.75. The van der Waals surface area contributed by atoms with Gasteiger partial charge in [0.15, 0.2) is 5.82 Å². The van der Waals surface area contributed by atoms with Gasteiger partial charge in [-0.2, -0.15) is 0 Å². The largest absolute Gasteiger partial charge is 0.478 e. The molecule has 0 saturated carbocycles. The average Bonchev–Trinajstić information content (AvgIpc) is 2.73. The van der Waals surface area contributed by atoms with Gasteiger partial charge in [-0.05, 0) is 12.0 Å². The van der Waals surface area contributed by atoms with Crippen LogP contribution in [0.2, 0.25) is 0 Å². The minimum Gasteiger partial charge on any atom is -0.478 e. The summed E-state index contributed by atoms with van der Waals surface area (Å²) in [5.74, 6) is 0.441. The van der Waals surface area contributed by atoms with Gasteiger partial charge in [0.25, 0.3) is 11.8 Å². The zero-order valence-electron chi connectivity index (χ0n) is 16.1. The molecular weight excluding hydrogens is 370 g/mol. The van der Waals surface area contributed by atoms with Gasteiger partial charge in [-0.1, -0.05) is 31.2 Å². The van der Waals surface area contributed by atoms with Gasteiger partial charge >= 0.3 is 0 Å². The molecule has 0 aliphatic carbocycles. The highest BCUT2D eigenvalue weighted by Crippen LogP contribution is 2.33. The Kier molecular flexibility index (Phi) is 4.71. The molecule has 0 spiro atoms. The zero-order chi connectivity index (χ0) is 20.5. The molecule has 2 aromatic heterocycles. The summed E-state index contributed by atoms with van der Waals surface area (Å²) in [5.41, 5.74) is 15.8. The third-order valence-corrected chi connectivity index (χ3v) is 4.91. The number of benzene rings is 1. The standard InChI is InChI=1S/C20H21N7O2/c1-3-12-16-14(27-20(22)26-12)8-13(24-18(16)28)10-6-4-5-7-11(10)15-9-23-17(21)19(25-15)29-2/h4-7,9,13H,3,8H2,1-2H3,(H2,21,23)(H,24,28)(H2,22,26,27). The number of rotatable bonds is 4. The highest BCUT2D eigenvalue weighted by molar-refractivity contribution is 5.98. The van der Waals surface area contributed by atoms with Crippen molar-refractivity contribution in [2.75, 3.05) is 18.6 Å². The molecule has 1 aliphatic rings. The molecule has 0 bridgehead atoms. The van der Waals surface area contributed by atoms with Gasteiger partial charge in [-0.3, -0.25) is 4.79 Å². The normalized spacial score (nSPS) is 15.5. The molecular formula is C20H21N7O2. The molecule has 0 saturated heterocycles. The van der Waals surface area contributed by atoms with Gasteiger partial charge in [-0.25, -0.2) is 19.9 Å². The van der Waals surface area contributed by atoms with Crippen LogP contribution < -0.4 is 21.5 Å². The first kappa shape index (κ1) is 18.6. The van der Waals surface area contributed by atoms with E-state index in [1.165, 1.54) is 7.11 Å². The summed E-state index contributed by atoms with van der Waals surface area (Å²) in [6, 6.07) is 7.38. The number of hydrogen-bond acceptors (Lipinski definition) is 8. The fourth-order valence-electron chi connectivity index (χ4n) is 3.60. The van der Waals surface area contributed by atoms with Crippen LogP contribution in [0.5, 0.6) is 5.88 Å². The third kappa shape index (κ3) is 3.31. The maximum absolute atomic E-state index is 12.9. The number of nitrogens with two attached hydrogens (primary N) is 2. The van der Waals surface area contributed by atoms with Gasteiger partial charge in [0.2, 0.25) is 5.95 Å². The second-order valence-electron chi connectivity index (χ2n) is 6.67. The molecule has 1 atom stereocenters. The Morgan fingerprint density at radius 2 is 2.00 bits per heavy atom. The number of nitrogen functional groups attached to an aromatic ring is 2. The van der Waals surface area contributed by atoms with Crippen LogP contribution in [0, 0.1) is 0 Å². The molecule has 5 N–H and O–H groups in total. The smallest absolute Gasteiger partial charge is 0.257 e. The summed E-state index contributed by atoms with van der Waals surface area (Å²) < 4.78 is 5.20. The molecule has 3 aromatic rings. The molecule has 148 valence electrons. The van der Waals surface area contributed by atoms with E-state index in [0.29, 0.717) is 35.5 Å². The quantitative estimate of drug-likeness (QED) is 0.610. The number of nitrogens with one attached hydrogen (secondary N) is 1. The van der Waals surface area contributed by atoms with Crippen molar-refractivity contribution in [3.8, 4) is 17.1 Å². The Balaban J connectivity index is 1.78. The highest BCUT2D eigenvalue weighted by atomic mass is 16.5. The number of aryl methyl sites for hydroxylation is 1. The Morgan fingerprint density at radius 1 is 1.21 bits per heavy atom. The first-order chi connectivity index (χ1) is 14.0. The van der Waals surface area contributed by atoms with Crippen molar-refractivity contribution >= 4 is 17.7 Å². The maximum atomic E-state index is 12.9.